The monoisotopic (exact) mass is 204 g/mol. The number of para-hydroxylation sites is 1. The van der Waals surface area contributed by atoms with Crippen molar-refractivity contribution in [1.82, 2.24) is 0 Å². The van der Waals surface area contributed by atoms with Gasteiger partial charge in [-0.25, -0.2) is 0 Å². The Labute approximate surface area is 86.0 Å². The van der Waals surface area contributed by atoms with Crippen LogP contribution in [-0.4, -0.2) is 16.8 Å². The van der Waals surface area contributed by atoms with Crippen molar-refractivity contribution in [3.8, 4) is 11.8 Å². The van der Waals surface area contributed by atoms with Gasteiger partial charge in [-0.3, -0.25) is 9.59 Å². The number of carbonyl (C=O) groups is 2. The maximum atomic E-state index is 11.0. The highest BCUT2D eigenvalue weighted by atomic mass is 16.3. The molecule has 0 aliphatic carbocycles. The van der Waals surface area contributed by atoms with Crippen LogP contribution < -0.4 is 5.32 Å². The predicted molar refractivity (Wildman–Crippen MR) is 52.4 cm³/mol. The molecule has 0 saturated heterocycles. The van der Waals surface area contributed by atoms with Crippen LogP contribution in [0.2, 0.25) is 0 Å². The number of phenolic OH excluding ortho intramolecular Hbond substituents is 1. The summed E-state index contributed by atoms with van der Waals surface area (Å²) in [6.45, 7) is 1.30. The van der Waals surface area contributed by atoms with Crippen LogP contribution in [0.3, 0.4) is 0 Å². The van der Waals surface area contributed by atoms with Crippen molar-refractivity contribution in [2.75, 3.05) is 5.32 Å². The molecule has 0 unspecified atom stereocenters. The molecular weight excluding hydrogens is 196 g/mol. The van der Waals surface area contributed by atoms with Crippen LogP contribution in [0, 0.1) is 11.3 Å². The lowest BCUT2D eigenvalue weighted by atomic mass is 10.1. The fourth-order valence-corrected chi connectivity index (χ4v) is 1.08. The maximum absolute atomic E-state index is 11.0. The number of phenols is 1. The average Bonchev–Trinajstić information content (AvgIpc) is 2.20. The summed E-state index contributed by atoms with van der Waals surface area (Å²) in [7, 11) is 0. The van der Waals surface area contributed by atoms with Gasteiger partial charge in [0.15, 0.2) is 11.9 Å². The number of Topliss-reactive ketones (excluding diaryl/α,β-unsaturated/α-hetero) is 1. The van der Waals surface area contributed by atoms with E-state index in [4.69, 9.17) is 5.26 Å². The number of nitrogens with one attached hydrogen (secondary N) is 1. The number of amides is 1. The van der Waals surface area contributed by atoms with E-state index < -0.39 is 5.91 Å². The first-order chi connectivity index (χ1) is 7.06. The van der Waals surface area contributed by atoms with Crippen molar-refractivity contribution in [2.45, 2.75) is 6.92 Å². The Morgan fingerprint density at radius 2 is 2.13 bits per heavy atom. The molecule has 1 amide bonds. The number of aromatic hydroxyl groups is 1. The summed E-state index contributed by atoms with van der Waals surface area (Å²) in [4.78, 5) is 21.8. The second kappa shape index (κ2) is 4.24. The Balaban J connectivity index is 3.11. The van der Waals surface area contributed by atoms with Crippen LogP contribution in [0.5, 0.6) is 5.75 Å². The van der Waals surface area contributed by atoms with Crippen LogP contribution in [-0.2, 0) is 4.79 Å². The minimum absolute atomic E-state index is 0.0502. The first-order valence-electron chi connectivity index (χ1n) is 4.10. The zero-order valence-corrected chi connectivity index (χ0v) is 7.94. The summed E-state index contributed by atoms with van der Waals surface area (Å²) in [5.74, 6) is -1.54. The third kappa shape index (κ3) is 2.31. The molecule has 2 N–H and O–H groups in total. The smallest absolute Gasteiger partial charge is 0.326 e. The minimum Gasteiger partial charge on any atom is -0.505 e. The topological polar surface area (TPSA) is 90.2 Å². The predicted octanol–water partition coefficient (Wildman–Crippen LogP) is 1.06. The lowest BCUT2D eigenvalue weighted by Gasteiger charge is -2.06. The van der Waals surface area contributed by atoms with E-state index in [9.17, 15) is 14.7 Å². The molecule has 0 spiro atoms. The van der Waals surface area contributed by atoms with Crippen LogP contribution >= 0.6 is 0 Å². The summed E-state index contributed by atoms with van der Waals surface area (Å²) < 4.78 is 0. The second-order valence-corrected chi connectivity index (χ2v) is 2.82. The molecule has 1 rings (SSSR count). The van der Waals surface area contributed by atoms with Gasteiger partial charge in [0.1, 0.15) is 5.75 Å². The van der Waals surface area contributed by atoms with Gasteiger partial charge >= 0.3 is 5.91 Å². The molecule has 0 heterocycles. The number of hydrogen-bond donors (Lipinski definition) is 2. The molecule has 0 aliphatic rings. The SMILES string of the molecule is CC(=O)c1cccc(NC(=O)C#N)c1O. The summed E-state index contributed by atoms with van der Waals surface area (Å²) in [6, 6.07) is 5.68. The van der Waals surface area contributed by atoms with Crippen molar-refractivity contribution in [1.29, 1.82) is 5.26 Å². The highest BCUT2D eigenvalue weighted by Gasteiger charge is 2.11. The molecule has 5 heteroatoms. The Hall–Kier alpha value is -2.35. The molecular formula is C10H8N2O3. The van der Waals surface area contributed by atoms with E-state index in [1.54, 1.807) is 0 Å². The van der Waals surface area contributed by atoms with Gasteiger partial charge in [0.2, 0.25) is 0 Å². The molecule has 0 saturated carbocycles. The van der Waals surface area contributed by atoms with Gasteiger partial charge in [-0.15, -0.1) is 0 Å². The van der Waals surface area contributed by atoms with Gasteiger partial charge in [-0.2, -0.15) is 5.26 Å². The number of nitrogens with zero attached hydrogens (tertiary/aromatic N) is 1. The maximum Gasteiger partial charge on any atom is 0.326 e. The molecule has 1 aromatic rings. The van der Waals surface area contributed by atoms with E-state index in [0.717, 1.165) is 0 Å². The Morgan fingerprint density at radius 1 is 1.47 bits per heavy atom. The molecule has 0 atom stereocenters. The third-order valence-electron chi connectivity index (χ3n) is 1.77. The molecule has 15 heavy (non-hydrogen) atoms. The van der Waals surface area contributed by atoms with Crippen molar-refractivity contribution < 1.29 is 14.7 Å². The molecule has 76 valence electrons. The molecule has 0 fully saturated rings. The second-order valence-electron chi connectivity index (χ2n) is 2.82. The summed E-state index contributed by atoms with van der Waals surface area (Å²) >= 11 is 0. The van der Waals surface area contributed by atoms with Gasteiger partial charge in [-0.1, -0.05) is 6.07 Å². The number of nitriles is 1. The molecule has 0 bridgehead atoms. The standard InChI is InChI=1S/C10H8N2O3/c1-6(13)7-3-2-4-8(10(7)15)12-9(14)5-11/h2-4,15H,1H3,(H,12,14). The van der Waals surface area contributed by atoms with E-state index in [1.165, 1.54) is 31.2 Å². The van der Waals surface area contributed by atoms with Gasteiger partial charge < -0.3 is 10.4 Å². The van der Waals surface area contributed by atoms with Crippen molar-refractivity contribution in [3.63, 3.8) is 0 Å². The van der Waals surface area contributed by atoms with Gasteiger partial charge in [-0.05, 0) is 19.1 Å². The number of ketones is 1. The normalized spacial score (nSPS) is 9.07. The molecule has 5 nitrogen and oxygen atoms in total. The molecule has 0 aliphatic heterocycles. The van der Waals surface area contributed by atoms with Crippen molar-refractivity contribution in [3.05, 3.63) is 23.8 Å². The van der Waals surface area contributed by atoms with E-state index in [2.05, 4.69) is 5.32 Å². The highest BCUT2D eigenvalue weighted by Crippen LogP contribution is 2.27. The fraction of sp³-hybridized carbons (Fsp3) is 0.100. The number of hydrogen-bond acceptors (Lipinski definition) is 4. The van der Waals surface area contributed by atoms with E-state index >= 15 is 0 Å². The highest BCUT2D eigenvalue weighted by molar-refractivity contribution is 6.05. The number of anilines is 1. The Kier molecular flexibility index (Phi) is 3.03. The number of benzene rings is 1. The average molecular weight is 204 g/mol. The van der Waals surface area contributed by atoms with Crippen LogP contribution in [0.4, 0.5) is 5.69 Å². The van der Waals surface area contributed by atoms with Gasteiger partial charge in [0, 0.05) is 0 Å². The van der Waals surface area contributed by atoms with E-state index in [1.807, 2.05) is 0 Å². The fourth-order valence-electron chi connectivity index (χ4n) is 1.08. The molecule has 1 aromatic carbocycles. The largest absolute Gasteiger partial charge is 0.505 e. The van der Waals surface area contributed by atoms with Crippen LogP contribution in [0.25, 0.3) is 0 Å². The zero-order valence-electron chi connectivity index (χ0n) is 7.94. The lowest BCUT2D eigenvalue weighted by Crippen LogP contribution is -2.09. The van der Waals surface area contributed by atoms with Crippen molar-refractivity contribution in [2.24, 2.45) is 0 Å². The first-order valence-corrected chi connectivity index (χ1v) is 4.10. The van der Waals surface area contributed by atoms with Gasteiger partial charge in [0.25, 0.3) is 0 Å². The number of carbonyl (C=O) groups excluding carboxylic acids is 2. The zero-order chi connectivity index (χ0) is 11.4. The van der Waals surface area contributed by atoms with Gasteiger partial charge in [0.05, 0.1) is 11.3 Å². The van der Waals surface area contributed by atoms with Crippen LogP contribution in [0.1, 0.15) is 17.3 Å². The summed E-state index contributed by atoms with van der Waals surface area (Å²) in [5, 5.41) is 20.0. The first kappa shape index (κ1) is 10.7. The van der Waals surface area contributed by atoms with Crippen LogP contribution in [0.15, 0.2) is 18.2 Å². The Morgan fingerprint density at radius 3 is 2.67 bits per heavy atom. The number of rotatable bonds is 2. The Bertz CT molecular complexity index is 460. The quantitative estimate of drug-likeness (QED) is 0.428. The minimum atomic E-state index is -0.897. The van der Waals surface area contributed by atoms with E-state index in [-0.39, 0.29) is 22.8 Å². The molecule has 0 radical (unpaired) electrons. The summed E-state index contributed by atoms with van der Waals surface area (Å²) in [6.07, 6.45) is 0. The van der Waals surface area contributed by atoms with Crippen molar-refractivity contribution >= 4 is 17.4 Å². The third-order valence-corrected chi connectivity index (χ3v) is 1.77. The lowest BCUT2D eigenvalue weighted by molar-refractivity contribution is -0.111. The van der Waals surface area contributed by atoms with E-state index in [0.29, 0.717) is 0 Å². The summed E-state index contributed by atoms with van der Waals surface area (Å²) in [5.41, 5.74) is 0.153. The molecule has 0 aromatic heterocycles.